The monoisotopic (exact) mass is 275 g/mol. The van der Waals surface area contributed by atoms with Crippen molar-refractivity contribution in [1.29, 1.82) is 5.26 Å². The number of nitriles is 1. The van der Waals surface area contributed by atoms with Crippen molar-refractivity contribution in [2.75, 3.05) is 6.54 Å². The lowest BCUT2D eigenvalue weighted by atomic mass is 10.00. The van der Waals surface area contributed by atoms with Crippen LogP contribution in [0.3, 0.4) is 0 Å². The summed E-state index contributed by atoms with van der Waals surface area (Å²) in [6, 6.07) is 3.47. The normalized spacial score (nSPS) is 26.2. The third kappa shape index (κ3) is 2.98. The van der Waals surface area contributed by atoms with Crippen LogP contribution < -0.4 is 5.32 Å². The van der Waals surface area contributed by atoms with Crippen molar-refractivity contribution in [3.8, 4) is 6.07 Å². The van der Waals surface area contributed by atoms with Crippen molar-refractivity contribution in [2.45, 2.75) is 75.9 Å². The highest BCUT2D eigenvalue weighted by Crippen LogP contribution is 2.39. The first kappa shape index (κ1) is 13.9. The van der Waals surface area contributed by atoms with Crippen LogP contribution in [0.15, 0.2) is 0 Å². The van der Waals surface area contributed by atoms with Crippen molar-refractivity contribution >= 4 is 5.91 Å². The van der Waals surface area contributed by atoms with Gasteiger partial charge in [0.15, 0.2) is 0 Å². The van der Waals surface area contributed by atoms with Crippen molar-refractivity contribution in [3.05, 3.63) is 0 Å². The minimum atomic E-state index is -0.574. The van der Waals surface area contributed by atoms with E-state index in [0.29, 0.717) is 18.6 Å². The molecule has 3 fully saturated rings. The molecule has 0 heterocycles. The molecule has 1 unspecified atom stereocenters. The van der Waals surface area contributed by atoms with Crippen LogP contribution in [0.4, 0.5) is 0 Å². The van der Waals surface area contributed by atoms with Crippen LogP contribution in [-0.4, -0.2) is 35.0 Å². The van der Waals surface area contributed by atoms with Gasteiger partial charge in [-0.3, -0.25) is 9.69 Å². The second kappa shape index (κ2) is 5.37. The molecule has 4 heteroatoms. The van der Waals surface area contributed by atoms with Gasteiger partial charge in [0.2, 0.25) is 5.91 Å². The Labute approximate surface area is 121 Å². The van der Waals surface area contributed by atoms with Crippen LogP contribution >= 0.6 is 0 Å². The van der Waals surface area contributed by atoms with Gasteiger partial charge in [0.25, 0.3) is 0 Å². The van der Waals surface area contributed by atoms with Crippen LogP contribution in [0, 0.1) is 17.2 Å². The van der Waals surface area contributed by atoms with E-state index >= 15 is 0 Å². The number of nitrogens with zero attached hydrogens (tertiary/aromatic N) is 2. The van der Waals surface area contributed by atoms with E-state index in [1.807, 2.05) is 0 Å². The number of rotatable bonds is 6. The Hall–Kier alpha value is -1.08. The molecule has 3 aliphatic rings. The summed E-state index contributed by atoms with van der Waals surface area (Å²) < 4.78 is 0. The molecular weight excluding hydrogens is 250 g/mol. The molecule has 1 N–H and O–H groups in total. The van der Waals surface area contributed by atoms with Gasteiger partial charge < -0.3 is 5.32 Å². The average Bonchev–Trinajstić information content (AvgIpc) is 3.34. The summed E-state index contributed by atoms with van der Waals surface area (Å²) in [4.78, 5) is 14.7. The molecule has 0 aromatic rings. The molecule has 3 saturated carbocycles. The number of nitrogens with one attached hydrogen (secondary N) is 1. The van der Waals surface area contributed by atoms with E-state index in [2.05, 4.69) is 23.2 Å². The van der Waals surface area contributed by atoms with Crippen LogP contribution in [0.25, 0.3) is 0 Å². The van der Waals surface area contributed by atoms with Crippen molar-refractivity contribution in [3.63, 3.8) is 0 Å². The van der Waals surface area contributed by atoms with Crippen LogP contribution in [0.2, 0.25) is 0 Å². The third-order valence-electron chi connectivity index (χ3n) is 5.22. The van der Waals surface area contributed by atoms with Gasteiger partial charge in [-0.15, -0.1) is 0 Å². The fourth-order valence-electron chi connectivity index (χ4n) is 3.58. The number of carbonyl (C=O) groups excluding carboxylic acids is 1. The van der Waals surface area contributed by atoms with Crippen molar-refractivity contribution in [1.82, 2.24) is 10.2 Å². The van der Waals surface area contributed by atoms with E-state index < -0.39 is 5.54 Å². The van der Waals surface area contributed by atoms with E-state index in [1.165, 1.54) is 25.7 Å². The van der Waals surface area contributed by atoms with E-state index in [4.69, 9.17) is 0 Å². The van der Waals surface area contributed by atoms with Gasteiger partial charge in [0.05, 0.1) is 12.6 Å². The maximum atomic E-state index is 12.3. The number of amides is 1. The van der Waals surface area contributed by atoms with Gasteiger partial charge in [0.1, 0.15) is 5.54 Å². The molecular formula is C16H25N3O. The molecule has 0 aliphatic heterocycles. The smallest absolute Gasteiger partial charge is 0.235 e. The number of hydrogen-bond acceptors (Lipinski definition) is 3. The lowest BCUT2D eigenvalue weighted by molar-refractivity contribution is -0.124. The summed E-state index contributed by atoms with van der Waals surface area (Å²) in [5.41, 5.74) is -0.574. The molecule has 20 heavy (non-hydrogen) atoms. The second-order valence-corrected chi connectivity index (χ2v) is 6.93. The van der Waals surface area contributed by atoms with Gasteiger partial charge in [-0.05, 0) is 64.2 Å². The predicted octanol–water partition coefficient (Wildman–Crippen LogP) is 2.20. The standard InChI is InChI=1S/C16H25N3O/c1-12(13-4-5-13)19(14-6-7-14)10-15(20)18-16(11-17)8-2-3-9-16/h12-14H,2-10H2,1H3,(H,18,20). The molecule has 4 nitrogen and oxygen atoms in total. The number of hydrogen-bond donors (Lipinski definition) is 1. The first-order chi connectivity index (χ1) is 9.63. The average molecular weight is 275 g/mol. The molecule has 3 aliphatic carbocycles. The molecule has 0 spiro atoms. The Morgan fingerprint density at radius 1 is 1.35 bits per heavy atom. The third-order valence-corrected chi connectivity index (χ3v) is 5.22. The highest BCUT2D eigenvalue weighted by atomic mass is 16.2. The summed E-state index contributed by atoms with van der Waals surface area (Å²) in [6.45, 7) is 2.74. The second-order valence-electron chi connectivity index (χ2n) is 6.93. The van der Waals surface area contributed by atoms with Crippen LogP contribution in [0.1, 0.15) is 58.3 Å². The maximum Gasteiger partial charge on any atom is 0.235 e. The lowest BCUT2D eigenvalue weighted by Crippen LogP contribution is -2.51. The van der Waals surface area contributed by atoms with Crippen LogP contribution in [-0.2, 0) is 4.79 Å². The molecule has 0 radical (unpaired) electrons. The minimum absolute atomic E-state index is 0.0489. The first-order valence-corrected chi connectivity index (χ1v) is 8.11. The van der Waals surface area contributed by atoms with E-state index in [9.17, 15) is 10.1 Å². The molecule has 0 bridgehead atoms. The Balaban J connectivity index is 1.57. The SMILES string of the molecule is CC(C1CC1)N(CC(=O)NC1(C#N)CCCC1)C1CC1. The summed E-state index contributed by atoms with van der Waals surface area (Å²) in [5, 5.41) is 12.4. The van der Waals surface area contributed by atoms with E-state index in [0.717, 1.165) is 31.6 Å². The van der Waals surface area contributed by atoms with Crippen LogP contribution in [0.5, 0.6) is 0 Å². The van der Waals surface area contributed by atoms with E-state index in [1.54, 1.807) is 0 Å². The number of carbonyl (C=O) groups is 1. The van der Waals surface area contributed by atoms with Gasteiger partial charge >= 0.3 is 0 Å². The Kier molecular flexibility index (Phi) is 3.72. The zero-order chi connectivity index (χ0) is 14.2. The van der Waals surface area contributed by atoms with Gasteiger partial charge in [-0.25, -0.2) is 0 Å². The zero-order valence-corrected chi connectivity index (χ0v) is 12.4. The fraction of sp³-hybridized carbons (Fsp3) is 0.875. The van der Waals surface area contributed by atoms with E-state index in [-0.39, 0.29) is 5.91 Å². The quantitative estimate of drug-likeness (QED) is 0.808. The Bertz CT molecular complexity index is 414. The first-order valence-electron chi connectivity index (χ1n) is 8.11. The topological polar surface area (TPSA) is 56.1 Å². The predicted molar refractivity (Wildman–Crippen MR) is 76.9 cm³/mol. The summed E-state index contributed by atoms with van der Waals surface area (Å²) in [6.07, 6.45) is 8.83. The highest BCUT2D eigenvalue weighted by molar-refractivity contribution is 5.79. The van der Waals surface area contributed by atoms with Gasteiger partial charge in [-0.1, -0.05) is 0 Å². The molecule has 3 rings (SSSR count). The Morgan fingerprint density at radius 3 is 2.50 bits per heavy atom. The zero-order valence-electron chi connectivity index (χ0n) is 12.4. The van der Waals surface area contributed by atoms with Crippen molar-refractivity contribution < 1.29 is 4.79 Å². The lowest BCUT2D eigenvalue weighted by Gasteiger charge is -2.30. The Morgan fingerprint density at radius 2 is 2.00 bits per heavy atom. The van der Waals surface area contributed by atoms with Crippen molar-refractivity contribution in [2.24, 2.45) is 5.92 Å². The van der Waals surface area contributed by atoms with Gasteiger partial charge in [0, 0.05) is 12.1 Å². The minimum Gasteiger partial charge on any atom is -0.337 e. The maximum absolute atomic E-state index is 12.3. The largest absolute Gasteiger partial charge is 0.337 e. The highest BCUT2D eigenvalue weighted by Gasteiger charge is 2.41. The molecule has 0 saturated heterocycles. The molecule has 0 aromatic heterocycles. The molecule has 110 valence electrons. The molecule has 1 atom stereocenters. The molecule has 1 amide bonds. The summed E-state index contributed by atoms with van der Waals surface area (Å²) in [7, 11) is 0. The summed E-state index contributed by atoms with van der Waals surface area (Å²) in [5.74, 6) is 0.840. The fourth-order valence-corrected chi connectivity index (χ4v) is 3.58. The molecule has 0 aromatic carbocycles. The summed E-state index contributed by atoms with van der Waals surface area (Å²) >= 11 is 0. The van der Waals surface area contributed by atoms with Gasteiger partial charge in [-0.2, -0.15) is 5.26 Å².